The maximum atomic E-state index is 13.6. The van der Waals surface area contributed by atoms with Crippen LogP contribution >= 0.6 is 23.1 Å². The fraction of sp³-hybridized carbons (Fsp3) is 0.360. The van der Waals surface area contributed by atoms with Gasteiger partial charge in [-0.25, -0.2) is 0 Å². The molecule has 160 valence electrons. The minimum absolute atomic E-state index is 0.120. The van der Waals surface area contributed by atoms with Gasteiger partial charge < -0.3 is 5.73 Å². The highest BCUT2D eigenvalue weighted by molar-refractivity contribution is 7.99. The van der Waals surface area contributed by atoms with E-state index in [9.17, 15) is 10.1 Å². The van der Waals surface area contributed by atoms with Crippen molar-refractivity contribution < 1.29 is 4.79 Å². The Kier molecular flexibility index (Phi) is 5.76. The second-order valence-electron chi connectivity index (χ2n) is 8.90. The van der Waals surface area contributed by atoms with Gasteiger partial charge in [0, 0.05) is 33.2 Å². The summed E-state index contributed by atoms with van der Waals surface area (Å²) in [5.74, 6) is 1.09. The van der Waals surface area contributed by atoms with Crippen LogP contribution in [0, 0.1) is 23.7 Å². The number of hydrogen-bond acceptors (Lipinski definition) is 6. The molecule has 1 atom stereocenters. The van der Waals surface area contributed by atoms with Crippen LogP contribution in [-0.2, 0) is 4.79 Å². The van der Waals surface area contributed by atoms with E-state index in [0.29, 0.717) is 17.8 Å². The summed E-state index contributed by atoms with van der Waals surface area (Å²) >= 11 is 3.35. The largest absolute Gasteiger partial charge is 0.384 e. The van der Waals surface area contributed by atoms with Crippen molar-refractivity contribution in [2.45, 2.75) is 51.3 Å². The molecule has 0 amide bonds. The zero-order valence-corrected chi connectivity index (χ0v) is 20.0. The third-order valence-electron chi connectivity index (χ3n) is 5.89. The summed E-state index contributed by atoms with van der Waals surface area (Å²) < 4.78 is 0. The number of hydrogen-bond donors (Lipinski definition) is 1. The van der Waals surface area contributed by atoms with Crippen LogP contribution in [0.1, 0.15) is 50.0 Å². The lowest BCUT2D eigenvalue weighted by atomic mass is 9.69. The van der Waals surface area contributed by atoms with Gasteiger partial charge in [-0.3, -0.25) is 9.69 Å². The summed E-state index contributed by atoms with van der Waals surface area (Å²) in [6, 6.07) is 12.5. The van der Waals surface area contributed by atoms with E-state index in [0.717, 1.165) is 44.5 Å². The lowest BCUT2D eigenvalue weighted by Gasteiger charge is -2.43. The molecule has 0 spiro atoms. The number of aryl methyl sites for hydroxylation is 1. The molecular weight excluding hydrogens is 422 g/mol. The van der Waals surface area contributed by atoms with Crippen molar-refractivity contribution in [1.29, 1.82) is 5.26 Å². The van der Waals surface area contributed by atoms with Crippen LogP contribution in [0.4, 0.5) is 5.69 Å². The Hall–Kier alpha value is -2.49. The summed E-state index contributed by atoms with van der Waals surface area (Å²) in [5.41, 5.74) is 10.7. The number of anilines is 1. The van der Waals surface area contributed by atoms with Crippen LogP contribution in [0.2, 0.25) is 0 Å². The molecule has 2 aliphatic rings. The van der Waals surface area contributed by atoms with Crippen molar-refractivity contribution in [3.05, 3.63) is 68.8 Å². The lowest BCUT2D eigenvalue weighted by Crippen LogP contribution is -2.42. The monoisotopic (exact) mass is 449 g/mol. The maximum absolute atomic E-state index is 13.6. The van der Waals surface area contributed by atoms with Crippen LogP contribution < -0.4 is 10.6 Å². The van der Waals surface area contributed by atoms with Gasteiger partial charge >= 0.3 is 0 Å². The molecule has 6 heteroatoms. The molecule has 1 aliphatic heterocycles. The first-order valence-corrected chi connectivity index (χ1v) is 12.4. The van der Waals surface area contributed by atoms with Gasteiger partial charge in [0.05, 0.1) is 17.6 Å². The summed E-state index contributed by atoms with van der Waals surface area (Å²) in [4.78, 5) is 17.7. The zero-order valence-electron chi connectivity index (χ0n) is 18.4. The Morgan fingerprint density at radius 3 is 2.61 bits per heavy atom. The van der Waals surface area contributed by atoms with Gasteiger partial charge in [0.25, 0.3) is 0 Å². The molecule has 31 heavy (non-hydrogen) atoms. The third kappa shape index (κ3) is 3.81. The maximum Gasteiger partial charge on any atom is 0.162 e. The van der Waals surface area contributed by atoms with Crippen molar-refractivity contribution >= 4 is 34.6 Å². The Balaban J connectivity index is 1.98. The number of nitrogens with two attached hydrogens (primary N) is 1. The Morgan fingerprint density at radius 1 is 1.26 bits per heavy atom. The Morgan fingerprint density at radius 2 is 1.97 bits per heavy atom. The number of carbonyl (C=O) groups excluding carboxylic acids is 1. The summed E-state index contributed by atoms with van der Waals surface area (Å²) in [6.45, 7) is 8.40. The van der Waals surface area contributed by atoms with Crippen LogP contribution in [0.3, 0.4) is 0 Å². The van der Waals surface area contributed by atoms with Crippen molar-refractivity contribution in [3.8, 4) is 6.07 Å². The van der Waals surface area contributed by atoms with Gasteiger partial charge in [-0.05, 0) is 48.1 Å². The minimum atomic E-state index is -0.389. The number of thioether (sulfide) groups is 1. The highest BCUT2D eigenvalue weighted by atomic mass is 32.2. The molecule has 1 aromatic heterocycles. The topological polar surface area (TPSA) is 70.1 Å². The summed E-state index contributed by atoms with van der Waals surface area (Å²) in [5, 5.41) is 12.2. The first-order valence-electron chi connectivity index (χ1n) is 10.5. The third-order valence-corrected chi connectivity index (χ3v) is 7.96. The van der Waals surface area contributed by atoms with Crippen molar-refractivity contribution in [2.75, 3.05) is 10.7 Å². The van der Waals surface area contributed by atoms with Crippen LogP contribution in [0.15, 0.2) is 63.3 Å². The quantitative estimate of drug-likeness (QED) is 0.570. The predicted octanol–water partition coefficient (Wildman–Crippen LogP) is 6.11. The number of allylic oxidation sites excluding steroid dienone is 3. The van der Waals surface area contributed by atoms with E-state index in [1.165, 1.54) is 0 Å². The molecule has 1 aliphatic carbocycles. The van der Waals surface area contributed by atoms with Gasteiger partial charge in [0.15, 0.2) is 5.78 Å². The van der Waals surface area contributed by atoms with Crippen LogP contribution in [0.25, 0.3) is 0 Å². The van der Waals surface area contributed by atoms with Gasteiger partial charge in [-0.2, -0.15) is 5.26 Å². The normalized spacial score (nSPS) is 20.7. The van der Waals surface area contributed by atoms with E-state index in [1.54, 1.807) is 23.1 Å². The van der Waals surface area contributed by atoms with E-state index in [1.807, 2.05) is 41.5 Å². The fourth-order valence-corrected chi connectivity index (χ4v) is 6.60. The standard InChI is InChI=1S/C25H27N3OS2/c1-5-30-20-10-11-31-23(20)21-17(14-26)24(27)28(16-8-6-15(2)7-9-16)18-12-25(3,4)13-19(29)22(18)21/h6-11,21H,5,12-13,27H2,1-4H3/t21-/m1/s1. The Labute approximate surface area is 192 Å². The molecule has 2 heterocycles. The van der Waals surface area contributed by atoms with Crippen LogP contribution in [0.5, 0.6) is 0 Å². The van der Waals surface area contributed by atoms with E-state index in [4.69, 9.17) is 5.73 Å². The molecule has 0 fully saturated rings. The lowest BCUT2D eigenvalue weighted by molar-refractivity contribution is -0.118. The van der Waals surface area contributed by atoms with Gasteiger partial charge in [0.2, 0.25) is 0 Å². The number of nitrogens with zero attached hydrogens (tertiary/aromatic N) is 2. The molecular formula is C25H27N3OS2. The molecule has 0 bridgehead atoms. The number of benzene rings is 1. The average molecular weight is 450 g/mol. The predicted molar refractivity (Wildman–Crippen MR) is 129 cm³/mol. The van der Waals surface area contributed by atoms with E-state index in [-0.39, 0.29) is 17.1 Å². The van der Waals surface area contributed by atoms with Gasteiger partial charge in [-0.15, -0.1) is 23.1 Å². The van der Waals surface area contributed by atoms with Crippen molar-refractivity contribution in [2.24, 2.45) is 11.1 Å². The first kappa shape index (κ1) is 21.7. The van der Waals surface area contributed by atoms with Crippen LogP contribution in [-0.4, -0.2) is 11.5 Å². The smallest absolute Gasteiger partial charge is 0.162 e. The van der Waals surface area contributed by atoms with Gasteiger partial charge in [-0.1, -0.05) is 38.5 Å². The van der Waals surface area contributed by atoms with Crippen molar-refractivity contribution in [1.82, 2.24) is 0 Å². The highest BCUT2D eigenvalue weighted by Gasteiger charge is 2.45. The van der Waals surface area contributed by atoms with E-state index < -0.39 is 0 Å². The van der Waals surface area contributed by atoms with Crippen molar-refractivity contribution in [3.63, 3.8) is 0 Å². The van der Waals surface area contributed by atoms with E-state index >= 15 is 0 Å². The number of Topliss-reactive ketones (excluding diaryl/α,β-unsaturated/α-hetero) is 1. The zero-order chi connectivity index (χ0) is 22.3. The Bertz CT molecular complexity index is 1130. The number of ketones is 1. The molecule has 0 radical (unpaired) electrons. The average Bonchev–Trinajstić information content (AvgIpc) is 3.15. The first-order chi connectivity index (χ1) is 14.8. The van der Waals surface area contributed by atoms with E-state index in [2.05, 4.69) is 32.9 Å². The van der Waals surface area contributed by atoms with Gasteiger partial charge in [0.1, 0.15) is 5.82 Å². The molecule has 0 saturated carbocycles. The highest BCUT2D eigenvalue weighted by Crippen LogP contribution is 2.52. The second-order valence-corrected chi connectivity index (χ2v) is 11.2. The summed E-state index contributed by atoms with van der Waals surface area (Å²) in [7, 11) is 0. The minimum Gasteiger partial charge on any atom is -0.384 e. The summed E-state index contributed by atoms with van der Waals surface area (Å²) in [6.07, 6.45) is 1.21. The number of carbonyl (C=O) groups is 1. The number of rotatable bonds is 4. The number of thiophene rings is 1. The molecule has 4 nitrogen and oxygen atoms in total. The fourth-order valence-electron chi connectivity index (χ4n) is 4.55. The molecule has 4 rings (SSSR count). The number of nitriles is 1. The SMILES string of the molecule is CCSc1ccsc1[C@@H]1C(C#N)=C(N)N(c2ccc(C)cc2)C2=C1C(=O)CC(C)(C)C2. The molecule has 2 N–H and O–H groups in total. The molecule has 2 aromatic rings. The second kappa shape index (κ2) is 8.22. The molecule has 0 unspecified atom stereocenters. The molecule has 0 saturated heterocycles. The molecule has 1 aromatic carbocycles.